The minimum Gasteiger partial charge on any atom is -0.313 e. The summed E-state index contributed by atoms with van der Waals surface area (Å²) in [6, 6.07) is 15.5. The van der Waals surface area contributed by atoms with E-state index in [0.717, 1.165) is 17.3 Å². The van der Waals surface area contributed by atoms with Gasteiger partial charge < -0.3 is 5.32 Å². The molecule has 0 amide bonds. The molecule has 2 aromatic heterocycles. The van der Waals surface area contributed by atoms with E-state index < -0.39 is 0 Å². The molecule has 0 bridgehead atoms. The topological polar surface area (TPSA) is 12.0 Å². The zero-order valence-electron chi connectivity index (χ0n) is 12.8. The van der Waals surface area contributed by atoms with Crippen molar-refractivity contribution < 1.29 is 0 Å². The summed E-state index contributed by atoms with van der Waals surface area (Å²) in [6.07, 6.45) is 1.04. The molecule has 4 heteroatoms. The van der Waals surface area contributed by atoms with Crippen molar-refractivity contribution in [2.24, 2.45) is 0 Å². The van der Waals surface area contributed by atoms with E-state index in [1.165, 1.54) is 19.8 Å². The third-order valence-electron chi connectivity index (χ3n) is 4.11. The van der Waals surface area contributed by atoms with Crippen LogP contribution in [-0.4, -0.2) is 12.6 Å². The molecular formula is C18H20ClNS2. The Morgan fingerprint density at radius 2 is 1.91 bits per heavy atom. The molecule has 1 nitrogen and oxygen atoms in total. The summed E-state index contributed by atoms with van der Waals surface area (Å²) in [5, 5.41) is 5.01. The molecule has 3 aromatic rings. The second kappa shape index (κ2) is 7.14. The second-order valence-electron chi connectivity index (χ2n) is 5.67. The summed E-state index contributed by atoms with van der Waals surface area (Å²) in [5.41, 5.74) is 0. The summed E-state index contributed by atoms with van der Waals surface area (Å²) in [4.78, 5) is 2.81. The van der Waals surface area contributed by atoms with Crippen molar-refractivity contribution in [3.8, 4) is 0 Å². The van der Waals surface area contributed by atoms with Crippen LogP contribution < -0.4 is 5.32 Å². The van der Waals surface area contributed by atoms with Crippen LogP contribution in [0.15, 0.2) is 42.5 Å². The molecule has 2 heterocycles. The molecule has 0 radical (unpaired) electrons. The lowest BCUT2D eigenvalue weighted by atomic mass is 10.0. The first-order valence-corrected chi connectivity index (χ1v) is 9.60. The highest BCUT2D eigenvalue weighted by molar-refractivity contribution is 7.19. The maximum Gasteiger partial charge on any atom is 0.0931 e. The Hall–Kier alpha value is -0.870. The van der Waals surface area contributed by atoms with Gasteiger partial charge in [0.25, 0.3) is 0 Å². The van der Waals surface area contributed by atoms with Crippen LogP contribution in [0.4, 0.5) is 0 Å². The summed E-state index contributed by atoms with van der Waals surface area (Å²) in [6.45, 7) is 5.58. The number of thiophene rings is 2. The predicted molar refractivity (Wildman–Crippen MR) is 101 cm³/mol. The van der Waals surface area contributed by atoms with Crippen molar-refractivity contribution in [3.05, 3.63) is 56.6 Å². The largest absolute Gasteiger partial charge is 0.313 e. The van der Waals surface area contributed by atoms with Gasteiger partial charge in [-0.1, -0.05) is 36.7 Å². The van der Waals surface area contributed by atoms with Crippen LogP contribution in [0.3, 0.4) is 0 Å². The van der Waals surface area contributed by atoms with Gasteiger partial charge in [0.05, 0.1) is 4.34 Å². The SMILES string of the molecule is CC(NCCc1ccc(Cl)s1)C(C)c1cc2ccccc2s1. The minimum absolute atomic E-state index is 0.462. The summed E-state index contributed by atoms with van der Waals surface area (Å²) in [7, 11) is 0. The monoisotopic (exact) mass is 349 g/mol. The molecular weight excluding hydrogens is 330 g/mol. The Balaban J connectivity index is 1.57. The molecule has 1 N–H and O–H groups in total. The third kappa shape index (κ3) is 3.72. The number of hydrogen-bond donors (Lipinski definition) is 1. The van der Waals surface area contributed by atoms with Gasteiger partial charge in [-0.3, -0.25) is 0 Å². The van der Waals surface area contributed by atoms with Crippen molar-refractivity contribution in [2.75, 3.05) is 6.54 Å². The van der Waals surface area contributed by atoms with Crippen LogP contribution in [0, 0.1) is 0 Å². The van der Waals surface area contributed by atoms with Crippen LogP contribution in [0.5, 0.6) is 0 Å². The molecule has 0 saturated heterocycles. The van der Waals surface area contributed by atoms with Crippen molar-refractivity contribution in [1.82, 2.24) is 5.32 Å². The van der Waals surface area contributed by atoms with Gasteiger partial charge in [-0.15, -0.1) is 22.7 Å². The molecule has 2 atom stereocenters. The number of fused-ring (bicyclic) bond motifs is 1. The van der Waals surface area contributed by atoms with Crippen LogP contribution >= 0.6 is 34.3 Å². The van der Waals surface area contributed by atoms with Crippen molar-refractivity contribution >= 4 is 44.4 Å². The fourth-order valence-corrected chi connectivity index (χ4v) is 4.87. The van der Waals surface area contributed by atoms with Crippen molar-refractivity contribution in [1.29, 1.82) is 0 Å². The maximum absolute atomic E-state index is 5.97. The summed E-state index contributed by atoms with van der Waals surface area (Å²) < 4.78 is 2.26. The highest BCUT2D eigenvalue weighted by Crippen LogP contribution is 2.32. The Morgan fingerprint density at radius 1 is 1.09 bits per heavy atom. The fourth-order valence-electron chi connectivity index (χ4n) is 2.56. The van der Waals surface area contributed by atoms with Gasteiger partial charge in [-0.25, -0.2) is 0 Å². The molecule has 22 heavy (non-hydrogen) atoms. The smallest absolute Gasteiger partial charge is 0.0931 e. The van der Waals surface area contributed by atoms with Gasteiger partial charge in [-0.05, 0) is 43.0 Å². The van der Waals surface area contributed by atoms with Gasteiger partial charge >= 0.3 is 0 Å². The van der Waals surface area contributed by atoms with Gasteiger partial charge in [0, 0.05) is 33.0 Å². The van der Waals surface area contributed by atoms with Gasteiger partial charge in [0.1, 0.15) is 0 Å². The Bertz CT molecular complexity index is 713. The Kier molecular flexibility index (Phi) is 5.19. The number of hydrogen-bond acceptors (Lipinski definition) is 3. The van der Waals surface area contributed by atoms with Crippen LogP contribution in [0.1, 0.15) is 29.5 Å². The quantitative estimate of drug-likeness (QED) is 0.580. The summed E-state index contributed by atoms with van der Waals surface area (Å²) in [5.74, 6) is 0.518. The fraction of sp³-hybridized carbons (Fsp3) is 0.333. The average molecular weight is 350 g/mol. The first-order valence-electron chi connectivity index (χ1n) is 7.59. The number of benzene rings is 1. The minimum atomic E-state index is 0.462. The first kappa shape index (κ1) is 16.0. The predicted octanol–water partition coefficient (Wildman–Crippen LogP) is 5.94. The molecule has 1 aromatic carbocycles. The van der Waals surface area contributed by atoms with E-state index >= 15 is 0 Å². The standard InChI is InChI=1S/C18H20ClNS2/c1-12(17-11-14-5-3-4-6-16(14)22-17)13(2)20-10-9-15-7-8-18(19)21-15/h3-8,11-13,20H,9-10H2,1-2H3. The lowest BCUT2D eigenvalue weighted by molar-refractivity contribution is 0.490. The zero-order chi connectivity index (χ0) is 15.5. The normalized spacial score (nSPS) is 14.3. The van der Waals surface area contributed by atoms with E-state index in [0.29, 0.717) is 12.0 Å². The molecule has 3 rings (SSSR count). The number of halogens is 1. The van der Waals surface area contributed by atoms with Crippen LogP contribution in [-0.2, 0) is 6.42 Å². The van der Waals surface area contributed by atoms with Crippen molar-refractivity contribution in [2.45, 2.75) is 32.2 Å². The highest BCUT2D eigenvalue weighted by Gasteiger charge is 2.16. The van der Waals surface area contributed by atoms with E-state index in [1.807, 2.05) is 17.4 Å². The average Bonchev–Trinajstić information content (AvgIpc) is 3.12. The van der Waals surface area contributed by atoms with Crippen LogP contribution in [0.2, 0.25) is 4.34 Å². The Morgan fingerprint density at radius 3 is 2.64 bits per heavy atom. The number of rotatable bonds is 6. The molecule has 0 aliphatic rings. The molecule has 2 unspecified atom stereocenters. The second-order valence-corrected chi connectivity index (χ2v) is 8.59. The summed E-state index contributed by atoms with van der Waals surface area (Å²) >= 11 is 9.56. The molecule has 0 aliphatic heterocycles. The molecule has 116 valence electrons. The number of nitrogens with one attached hydrogen (secondary N) is 1. The Labute approximate surface area is 144 Å². The molecule has 0 spiro atoms. The zero-order valence-corrected chi connectivity index (χ0v) is 15.2. The molecule has 0 fully saturated rings. The van der Waals surface area contributed by atoms with Gasteiger partial charge in [0.2, 0.25) is 0 Å². The third-order valence-corrected chi connectivity index (χ3v) is 6.72. The lowest BCUT2D eigenvalue weighted by Gasteiger charge is -2.20. The first-order chi connectivity index (χ1) is 10.6. The highest BCUT2D eigenvalue weighted by atomic mass is 35.5. The maximum atomic E-state index is 5.97. The van der Waals surface area contributed by atoms with E-state index in [1.54, 1.807) is 11.3 Å². The van der Waals surface area contributed by atoms with Gasteiger partial charge in [0.15, 0.2) is 0 Å². The van der Waals surface area contributed by atoms with Gasteiger partial charge in [-0.2, -0.15) is 0 Å². The molecule has 0 saturated carbocycles. The lowest BCUT2D eigenvalue weighted by Crippen LogP contribution is -2.32. The van der Waals surface area contributed by atoms with Crippen LogP contribution in [0.25, 0.3) is 10.1 Å². The van der Waals surface area contributed by atoms with E-state index in [-0.39, 0.29) is 0 Å². The van der Waals surface area contributed by atoms with Crippen molar-refractivity contribution in [3.63, 3.8) is 0 Å². The van der Waals surface area contributed by atoms with E-state index in [9.17, 15) is 0 Å². The molecule has 0 aliphatic carbocycles. The van der Waals surface area contributed by atoms with E-state index in [2.05, 4.69) is 55.6 Å². The van der Waals surface area contributed by atoms with E-state index in [4.69, 9.17) is 11.6 Å².